The molecule has 2 N–H and O–H groups in total. The van der Waals surface area contributed by atoms with E-state index in [1.165, 1.54) is 12.8 Å². The zero-order valence-corrected chi connectivity index (χ0v) is 30.1. The number of sulfonamides is 2. The summed E-state index contributed by atoms with van der Waals surface area (Å²) in [5.74, 6) is 0.779. The number of anilines is 1. The fourth-order valence-electron chi connectivity index (χ4n) is 5.97. The Kier molecular flexibility index (Phi) is 11.9. The molecule has 1 fully saturated rings. The summed E-state index contributed by atoms with van der Waals surface area (Å²) in [6.07, 6.45) is 6.68. The first kappa shape index (κ1) is 35.9. The van der Waals surface area contributed by atoms with Crippen LogP contribution in [-0.2, 0) is 20.0 Å². The second-order valence-electron chi connectivity index (χ2n) is 12.2. The second-order valence-corrected chi connectivity index (χ2v) is 16.4. The van der Waals surface area contributed by atoms with Crippen LogP contribution in [0.3, 0.4) is 0 Å². The van der Waals surface area contributed by atoms with E-state index in [0.717, 1.165) is 53.5 Å². The standard InChI is InChI=1S/C19H15Cl2NO2S.C19H25NO2S/c1-13-18(20)11-16(12-19(13)21)22-25(23,24)17-9-7-15(8-10-17)14-5-3-2-4-6-14;1-2-5-15-8-11-18(12-9-15)20-23(21,22)19-13-10-16-6-3-4-7-17(16)14-19/h2-12,22H,1H3;3-4,6-7,10,13-15,18,20H,2,5,8-9,11-12H2,1H3. The van der Waals surface area contributed by atoms with Gasteiger partial charge in [-0.3, -0.25) is 4.72 Å². The van der Waals surface area contributed by atoms with E-state index in [-0.39, 0.29) is 10.9 Å². The fourth-order valence-corrected chi connectivity index (χ4v) is 8.84. The number of hydrogen-bond acceptors (Lipinski definition) is 4. The van der Waals surface area contributed by atoms with E-state index >= 15 is 0 Å². The van der Waals surface area contributed by atoms with Gasteiger partial charge in [0.2, 0.25) is 10.0 Å². The highest BCUT2D eigenvalue weighted by atomic mass is 35.5. The molecule has 0 radical (unpaired) electrons. The SMILES string of the molecule is CCCC1CCC(NS(=O)(=O)c2ccc3ccccc3c2)CC1.Cc1c(Cl)cc(NS(=O)(=O)c2ccc(-c3ccccc3)cc2)cc1Cl. The molecule has 5 aromatic rings. The molecule has 0 aromatic heterocycles. The Morgan fingerprint density at radius 1 is 0.646 bits per heavy atom. The van der Waals surface area contributed by atoms with Gasteiger partial charge >= 0.3 is 0 Å². The molecule has 6 rings (SSSR count). The van der Waals surface area contributed by atoms with Crippen molar-refractivity contribution in [2.24, 2.45) is 5.92 Å². The molecule has 5 aromatic carbocycles. The lowest BCUT2D eigenvalue weighted by Gasteiger charge is -2.28. The summed E-state index contributed by atoms with van der Waals surface area (Å²) in [6.45, 7) is 3.99. The van der Waals surface area contributed by atoms with E-state index in [1.54, 1.807) is 55.5 Å². The molecule has 0 bridgehead atoms. The van der Waals surface area contributed by atoms with E-state index in [1.807, 2.05) is 60.7 Å². The van der Waals surface area contributed by atoms with E-state index in [2.05, 4.69) is 16.4 Å². The topological polar surface area (TPSA) is 92.3 Å². The summed E-state index contributed by atoms with van der Waals surface area (Å²) in [5.41, 5.74) is 3.00. The Labute approximate surface area is 294 Å². The Bertz CT molecular complexity index is 2040. The third-order valence-corrected chi connectivity index (χ3v) is 12.4. The lowest BCUT2D eigenvalue weighted by atomic mass is 9.84. The first-order valence-electron chi connectivity index (χ1n) is 16.1. The van der Waals surface area contributed by atoms with Gasteiger partial charge in [0.15, 0.2) is 0 Å². The van der Waals surface area contributed by atoms with Gasteiger partial charge in [-0.25, -0.2) is 21.6 Å². The summed E-state index contributed by atoms with van der Waals surface area (Å²) in [6, 6.07) is 32.8. The fraction of sp³-hybridized carbons (Fsp3) is 0.263. The summed E-state index contributed by atoms with van der Waals surface area (Å²) in [4.78, 5) is 0.534. The van der Waals surface area contributed by atoms with Crippen LogP contribution in [0.1, 0.15) is 51.0 Å². The summed E-state index contributed by atoms with van der Waals surface area (Å²) in [5, 5.41) is 2.84. The molecule has 0 saturated heterocycles. The number of halogens is 2. The van der Waals surface area contributed by atoms with Gasteiger partial charge in [-0.2, -0.15) is 0 Å². The minimum absolute atomic E-state index is 0.0829. The Morgan fingerprint density at radius 2 is 1.21 bits per heavy atom. The maximum absolute atomic E-state index is 12.6. The number of nitrogens with one attached hydrogen (secondary N) is 2. The van der Waals surface area contributed by atoms with Crippen LogP contribution in [0.2, 0.25) is 10.0 Å². The van der Waals surface area contributed by atoms with E-state index in [4.69, 9.17) is 23.2 Å². The molecule has 10 heteroatoms. The van der Waals surface area contributed by atoms with Gasteiger partial charge in [0.05, 0.1) is 15.5 Å². The molecular weight excluding hydrogens is 683 g/mol. The van der Waals surface area contributed by atoms with E-state index < -0.39 is 20.0 Å². The van der Waals surface area contributed by atoms with Gasteiger partial charge < -0.3 is 0 Å². The molecule has 1 saturated carbocycles. The van der Waals surface area contributed by atoms with Gasteiger partial charge in [0.25, 0.3) is 10.0 Å². The van der Waals surface area contributed by atoms with Crippen LogP contribution in [-0.4, -0.2) is 22.9 Å². The largest absolute Gasteiger partial charge is 0.280 e. The maximum Gasteiger partial charge on any atom is 0.261 e. The van der Waals surface area contributed by atoms with Crippen LogP contribution in [0.5, 0.6) is 0 Å². The van der Waals surface area contributed by atoms with E-state index in [9.17, 15) is 16.8 Å². The molecule has 252 valence electrons. The molecule has 0 unspecified atom stereocenters. The smallest absolute Gasteiger partial charge is 0.261 e. The summed E-state index contributed by atoms with van der Waals surface area (Å²) >= 11 is 12.1. The van der Waals surface area contributed by atoms with Crippen LogP contribution >= 0.6 is 23.2 Å². The van der Waals surface area contributed by atoms with Crippen molar-refractivity contribution < 1.29 is 16.8 Å². The lowest BCUT2D eigenvalue weighted by Crippen LogP contribution is -2.37. The molecule has 0 heterocycles. The molecule has 0 spiro atoms. The van der Waals surface area contributed by atoms with Crippen molar-refractivity contribution in [3.8, 4) is 11.1 Å². The number of hydrogen-bond donors (Lipinski definition) is 2. The monoisotopic (exact) mass is 722 g/mol. The highest BCUT2D eigenvalue weighted by molar-refractivity contribution is 7.92. The normalized spacial score (nSPS) is 16.6. The van der Waals surface area contributed by atoms with Gasteiger partial charge in [-0.15, -0.1) is 0 Å². The van der Waals surface area contributed by atoms with Crippen LogP contribution < -0.4 is 9.44 Å². The van der Waals surface area contributed by atoms with Crippen LogP contribution in [0.25, 0.3) is 21.9 Å². The molecule has 0 aliphatic heterocycles. The first-order chi connectivity index (χ1) is 22.9. The zero-order valence-electron chi connectivity index (χ0n) is 27.0. The van der Waals surface area contributed by atoms with Crippen molar-refractivity contribution in [1.29, 1.82) is 0 Å². The van der Waals surface area contributed by atoms with Crippen molar-refractivity contribution >= 4 is 59.7 Å². The molecule has 6 nitrogen and oxygen atoms in total. The Morgan fingerprint density at radius 3 is 1.83 bits per heavy atom. The van der Waals surface area contributed by atoms with Crippen molar-refractivity contribution in [3.05, 3.63) is 125 Å². The highest BCUT2D eigenvalue weighted by Gasteiger charge is 2.25. The second kappa shape index (κ2) is 15.9. The van der Waals surface area contributed by atoms with Crippen LogP contribution in [0.4, 0.5) is 5.69 Å². The van der Waals surface area contributed by atoms with Crippen molar-refractivity contribution in [2.45, 2.75) is 68.2 Å². The van der Waals surface area contributed by atoms with Crippen LogP contribution in [0, 0.1) is 12.8 Å². The maximum atomic E-state index is 12.6. The molecule has 1 aliphatic carbocycles. The predicted molar refractivity (Wildman–Crippen MR) is 199 cm³/mol. The highest BCUT2D eigenvalue weighted by Crippen LogP contribution is 2.31. The number of rotatable bonds is 9. The Balaban J connectivity index is 0.000000188. The average Bonchev–Trinajstić information content (AvgIpc) is 3.08. The van der Waals surface area contributed by atoms with Crippen molar-refractivity contribution in [1.82, 2.24) is 4.72 Å². The van der Waals surface area contributed by atoms with Gasteiger partial charge in [-0.1, -0.05) is 116 Å². The summed E-state index contributed by atoms with van der Waals surface area (Å²) in [7, 11) is -7.16. The minimum atomic E-state index is -3.73. The van der Waals surface area contributed by atoms with Gasteiger partial charge in [-0.05, 0) is 102 Å². The quantitative estimate of drug-likeness (QED) is 0.158. The predicted octanol–water partition coefficient (Wildman–Crippen LogP) is 10.2. The lowest BCUT2D eigenvalue weighted by molar-refractivity contribution is 0.297. The van der Waals surface area contributed by atoms with Gasteiger partial charge in [0, 0.05) is 16.1 Å². The average molecular weight is 724 g/mol. The molecular formula is C38H40Cl2N2O4S2. The summed E-state index contributed by atoms with van der Waals surface area (Å²) < 4.78 is 55.8. The number of fused-ring (bicyclic) bond motifs is 1. The zero-order chi connectivity index (χ0) is 34.3. The molecule has 0 amide bonds. The third kappa shape index (κ3) is 9.18. The van der Waals surface area contributed by atoms with Crippen molar-refractivity contribution in [3.63, 3.8) is 0 Å². The molecule has 0 atom stereocenters. The van der Waals surface area contributed by atoms with E-state index in [0.29, 0.717) is 26.2 Å². The minimum Gasteiger partial charge on any atom is -0.280 e. The molecule has 1 aliphatic rings. The number of benzene rings is 5. The van der Waals surface area contributed by atoms with Crippen LogP contribution in [0.15, 0.2) is 119 Å². The first-order valence-corrected chi connectivity index (χ1v) is 19.8. The Hall–Kier alpha value is -3.40. The molecule has 48 heavy (non-hydrogen) atoms. The third-order valence-electron chi connectivity index (χ3n) is 8.70. The van der Waals surface area contributed by atoms with Gasteiger partial charge in [0.1, 0.15) is 0 Å². The van der Waals surface area contributed by atoms with Crippen molar-refractivity contribution in [2.75, 3.05) is 4.72 Å².